The Morgan fingerprint density at radius 2 is 1.65 bits per heavy atom. The summed E-state index contributed by atoms with van der Waals surface area (Å²) in [6, 6.07) is 7.04. The zero-order valence-corrected chi connectivity index (χ0v) is 11.7. The first-order chi connectivity index (χ1) is 8.19. The molecule has 2 nitrogen and oxygen atoms in total. The van der Waals surface area contributed by atoms with Crippen molar-refractivity contribution in [2.45, 2.75) is 46.6 Å². The molecular weight excluding hydrogens is 208 g/mol. The van der Waals surface area contributed by atoms with Gasteiger partial charge in [-0.3, -0.25) is 0 Å². The molecule has 1 aromatic rings. The lowest BCUT2D eigenvalue weighted by molar-refractivity contribution is 0.651. The topological polar surface area (TPSA) is 29.3 Å². The van der Waals surface area contributed by atoms with Crippen molar-refractivity contribution in [3.8, 4) is 0 Å². The highest BCUT2D eigenvalue weighted by molar-refractivity contribution is 5.60. The number of hydrogen-bond donors (Lipinski definition) is 1. The van der Waals surface area contributed by atoms with Crippen LogP contribution < -0.4 is 10.6 Å². The van der Waals surface area contributed by atoms with Crippen LogP contribution in [-0.4, -0.2) is 19.1 Å². The second kappa shape index (κ2) is 6.65. The summed E-state index contributed by atoms with van der Waals surface area (Å²) >= 11 is 0. The lowest BCUT2D eigenvalue weighted by Crippen LogP contribution is -2.39. The summed E-state index contributed by atoms with van der Waals surface area (Å²) in [5, 5.41) is 0. The zero-order valence-electron chi connectivity index (χ0n) is 11.7. The highest BCUT2D eigenvalue weighted by Gasteiger charge is 2.17. The van der Waals surface area contributed by atoms with Crippen molar-refractivity contribution in [1.82, 2.24) is 0 Å². The molecule has 2 N–H and O–H groups in total. The van der Waals surface area contributed by atoms with E-state index in [1.165, 1.54) is 16.8 Å². The Hall–Kier alpha value is -1.02. The summed E-state index contributed by atoms with van der Waals surface area (Å²) in [5.74, 6) is 0. The van der Waals surface area contributed by atoms with E-state index in [1.807, 2.05) is 0 Å². The van der Waals surface area contributed by atoms with Crippen LogP contribution in [0.3, 0.4) is 0 Å². The first-order valence-electron chi connectivity index (χ1n) is 6.76. The van der Waals surface area contributed by atoms with Crippen LogP contribution in [0.15, 0.2) is 18.2 Å². The minimum atomic E-state index is 0.401. The molecule has 0 saturated heterocycles. The molecule has 0 saturated carbocycles. The predicted octanol–water partition coefficient (Wildman–Crippen LogP) is 2.98. The van der Waals surface area contributed by atoms with E-state index in [0.29, 0.717) is 12.6 Å². The largest absolute Gasteiger partial charge is 0.367 e. The maximum absolute atomic E-state index is 5.83. The van der Waals surface area contributed by atoms with Gasteiger partial charge >= 0.3 is 0 Å². The van der Waals surface area contributed by atoms with E-state index < -0.39 is 0 Å². The Labute approximate surface area is 106 Å². The second-order valence-corrected chi connectivity index (χ2v) is 4.50. The normalized spacial score (nSPS) is 12.5. The first kappa shape index (κ1) is 14.0. The Bertz CT molecular complexity index is 325. The Balaban J connectivity index is 3.24. The third kappa shape index (κ3) is 3.01. The fraction of sp³-hybridized carbons (Fsp3) is 0.600. The summed E-state index contributed by atoms with van der Waals surface area (Å²) in [6.45, 7) is 10.6. The molecule has 0 spiro atoms. The summed E-state index contributed by atoms with van der Waals surface area (Å²) in [7, 11) is 0. The van der Waals surface area contributed by atoms with Gasteiger partial charge in [-0.05, 0) is 37.8 Å². The monoisotopic (exact) mass is 234 g/mol. The molecule has 96 valence electrons. The molecule has 17 heavy (non-hydrogen) atoms. The SMILES string of the molecule is CCc1cccc(CC)c1N(CC)C(C)CN. The van der Waals surface area contributed by atoms with Crippen molar-refractivity contribution in [1.29, 1.82) is 0 Å². The number of nitrogens with zero attached hydrogens (tertiary/aromatic N) is 1. The number of para-hydroxylation sites is 1. The molecule has 0 amide bonds. The number of aryl methyl sites for hydroxylation is 2. The number of hydrogen-bond acceptors (Lipinski definition) is 2. The third-order valence-electron chi connectivity index (χ3n) is 3.47. The van der Waals surface area contributed by atoms with E-state index >= 15 is 0 Å². The molecule has 0 aliphatic carbocycles. The van der Waals surface area contributed by atoms with Gasteiger partial charge in [0.1, 0.15) is 0 Å². The molecule has 1 aromatic carbocycles. The molecule has 0 radical (unpaired) electrons. The molecule has 1 atom stereocenters. The van der Waals surface area contributed by atoms with Crippen LogP contribution >= 0.6 is 0 Å². The van der Waals surface area contributed by atoms with Gasteiger partial charge in [0.15, 0.2) is 0 Å². The smallest absolute Gasteiger partial charge is 0.0433 e. The van der Waals surface area contributed by atoms with Gasteiger partial charge in [0.2, 0.25) is 0 Å². The molecule has 0 bridgehead atoms. The van der Waals surface area contributed by atoms with Crippen LogP contribution in [-0.2, 0) is 12.8 Å². The van der Waals surface area contributed by atoms with Gasteiger partial charge in [-0.15, -0.1) is 0 Å². The summed E-state index contributed by atoms with van der Waals surface area (Å²) in [5.41, 5.74) is 10.1. The van der Waals surface area contributed by atoms with Crippen LogP contribution in [0.5, 0.6) is 0 Å². The van der Waals surface area contributed by atoms with Gasteiger partial charge in [-0.1, -0.05) is 32.0 Å². The van der Waals surface area contributed by atoms with Crippen LogP contribution in [0.2, 0.25) is 0 Å². The van der Waals surface area contributed by atoms with Crippen LogP contribution in [0.4, 0.5) is 5.69 Å². The van der Waals surface area contributed by atoms with E-state index in [0.717, 1.165) is 19.4 Å². The van der Waals surface area contributed by atoms with Crippen LogP contribution in [0, 0.1) is 0 Å². The number of nitrogens with two attached hydrogens (primary N) is 1. The Morgan fingerprint density at radius 3 is 2.00 bits per heavy atom. The van der Waals surface area contributed by atoms with E-state index in [4.69, 9.17) is 5.73 Å². The fourth-order valence-corrected chi connectivity index (χ4v) is 2.40. The van der Waals surface area contributed by atoms with Crippen molar-refractivity contribution in [2.24, 2.45) is 5.73 Å². The first-order valence-corrected chi connectivity index (χ1v) is 6.76. The average Bonchev–Trinajstić information content (AvgIpc) is 2.39. The number of rotatable bonds is 6. The Kier molecular flexibility index (Phi) is 5.49. The summed E-state index contributed by atoms with van der Waals surface area (Å²) < 4.78 is 0. The minimum absolute atomic E-state index is 0.401. The maximum Gasteiger partial charge on any atom is 0.0433 e. The van der Waals surface area contributed by atoms with E-state index in [-0.39, 0.29) is 0 Å². The third-order valence-corrected chi connectivity index (χ3v) is 3.47. The highest BCUT2D eigenvalue weighted by Crippen LogP contribution is 2.28. The van der Waals surface area contributed by atoms with Crippen molar-refractivity contribution in [2.75, 3.05) is 18.0 Å². The van der Waals surface area contributed by atoms with Crippen molar-refractivity contribution in [3.63, 3.8) is 0 Å². The predicted molar refractivity (Wildman–Crippen MR) is 76.7 cm³/mol. The molecule has 0 aromatic heterocycles. The maximum atomic E-state index is 5.83. The lowest BCUT2D eigenvalue weighted by Gasteiger charge is -2.33. The average molecular weight is 234 g/mol. The van der Waals surface area contributed by atoms with Crippen molar-refractivity contribution in [3.05, 3.63) is 29.3 Å². The van der Waals surface area contributed by atoms with Crippen molar-refractivity contribution < 1.29 is 0 Å². The molecule has 0 heterocycles. The summed E-state index contributed by atoms with van der Waals surface area (Å²) in [4.78, 5) is 2.44. The zero-order chi connectivity index (χ0) is 12.8. The van der Waals surface area contributed by atoms with Gasteiger partial charge in [0.05, 0.1) is 0 Å². The summed E-state index contributed by atoms with van der Waals surface area (Å²) in [6.07, 6.45) is 2.16. The van der Waals surface area contributed by atoms with Gasteiger partial charge < -0.3 is 10.6 Å². The van der Waals surface area contributed by atoms with Crippen LogP contribution in [0.1, 0.15) is 38.8 Å². The van der Waals surface area contributed by atoms with Crippen molar-refractivity contribution >= 4 is 5.69 Å². The van der Waals surface area contributed by atoms with E-state index in [2.05, 4.69) is 50.8 Å². The highest BCUT2D eigenvalue weighted by atomic mass is 15.2. The van der Waals surface area contributed by atoms with Crippen LogP contribution in [0.25, 0.3) is 0 Å². The molecule has 2 heteroatoms. The molecule has 0 fully saturated rings. The molecule has 0 aliphatic rings. The molecule has 0 aliphatic heterocycles. The fourth-order valence-electron chi connectivity index (χ4n) is 2.40. The second-order valence-electron chi connectivity index (χ2n) is 4.50. The van der Waals surface area contributed by atoms with Gasteiger partial charge in [0, 0.05) is 24.8 Å². The van der Waals surface area contributed by atoms with Gasteiger partial charge in [-0.25, -0.2) is 0 Å². The van der Waals surface area contributed by atoms with E-state index in [1.54, 1.807) is 0 Å². The molecule has 1 unspecified atom stereocenters. The number of anilines is 1. The molecule has 1 rings (SSSR count). The molecular formula is C15H26N2. The van der Waals surface area contributed by atoms with E-state index in [9.17, 15) is 0 Å². The standard InChI is InChI=1S/C15H26N2/c1-5-13-9-8-10-14(6-2)15(13)17(7-3)12(4)11-16/h8-10,12H,5-7,11,16H2,1-4H3. The minimum Gasteiger partial charge on any atom is -0.367 e. The Morgan fingerprint density at radius 1 is 1.12 bits per heavy atom. The van der Waals surface area contributed by atoms with Gasteiger partial charge in [0.25, 0.3) is 0 Å². The quantitative estimate of drug-likeness (QED) is 0.820. The number of likely N-dealkylation sites (N-methyl/N-ethyl adjacent to an activating group) is 1. The van der Waals surface area contributed by atoms with Gasteiger partial charge in [-0.2, -0.15) is 0 Å². The lowest BCUT2D eigenvalue weighted by atomic mass is 10.0. The number of benzene rings is 1.